The first kappa shape index (κ1) is 13.5. The van der Waals surface area contributed by atoms with E-state index in [4.69, 9.17) is 9.47 Å². The Hall–Kier alpha value is -0.610. The van der Waals surface area contributed by atoms with Gasteiger partial charge in [0.1, 0.15) is 5.41 Å². The van der Waals surface area contributed by atoms with E-state index in [0.717, 1.165) is 13.0 Å². The zero-order chi connectivity index (χ0) is 12.2. The summed E-state index contributed by atoms with van der Waals surface area (Å²) in [6.45, 7) is 9.08. The molecule has 0 atom stereocenters. The van der Waals surface area contributed by atoms with E-state index in [-0.39, 0.29) is 11.4 Å². The minimum Gasteiger partial charge on any atom is -0.468 e. The van der Waals surface area contributed by atoms with Gasteiger partial charge in [0.15, 0.2) is 0 Å². The number of carbonyl (C=O) groups is 1. The van der Waals surface area contributed by atoms with Gasteiger partial charge in [-0.15, -0.1) is 0 Å². The molecule has 1 aliphatic rings. The Kier molecular flexibility index (Phi) is 4.33. The molecule has 16 heavy (non-hydrogen) atoms. The van der Waals surface area contributed by atoms with Crippen LogP contribution in [-0.4, -0.2) is 39.4 Å². The first-order valence-electron chi connectivity index (χ1n) is 5.83. The van der Waals surface area contributed by atoms with Crippen LogP contribution in [0, 0.1) is 10.8 Å². The lowest BCUT2D eigenvalue weighted by molar-refractivity contribution is -0.182. The van der Waals surface area contributed by atoms with E-state index in [1.165, 1.54) is 7.11 Å². The molecular formula is C12H23NO3. The SMILES string of the molecule is CCC(C)(C)CNCC1(C(=O)OC)COC1. The Morgan fingerprint density at radius 3 is 2.50 bits per heavy atom. The van der Waals surface area contributed by atoms with Gasteiger partial charge in [-0.05, 0) is 11.8 Å². The monoisotopic (exact) mass is 229 g/mol. The van der Waals surface area contributed by atoms with E-state index >= 15 is 0 Å². The summed E-state index contributed by atoms with van der Waals surface area (Å²) in [6.07, 6.45) is 1.11. The molecule has 1 aliphatic heterocycles. The van der Waals surface area contributed by atoms with Gasteiger partial charge in [0.25, 0.3) is 0 Å². The quantitative estimate of drug-likeness (QED) is 0.695. The van der Waals surface area contributed by atoms with Crippen molar-refractivity contribution in [3.63, 3.8) is 0 Å². The van der Waals surface area contributed by atoms with Crippen molar-refractivity contribution in [3.8, 4) is 0 Å². The summed E-state index contributed by atoms with van der Waals surface area (Å²) in [5, 5.41) is 3.35. The molecule has 1 N–H and O–H groups in total. The summed E-state index contributed by atoms with van der Waals surface area (Å²) in [6, 6.07) is 0. The molecule has 0 bridgehead atoms. The Morgan fingerprint density at radius 1 is 1.50 bits per heavy atom. The van der Waals surface area contributed by atoms with E-state index in [1.54, 1.807) is 0 Å². The molecule has 0 amide bonds. The molecule has 1 heterocycles. The van der Waals surface area contributed by atoms with Gasteiger partial charge in [0.2, 0.25) is 0 Å². The molecule has 1 saturated heterocycles. The average molecular weight is 229 g/mol. The molecule has 0 spiro atoms. The van der Waals surface area contributed by atoms with Gasteiger partial charge >= 0.3 is 5.97 Å². The maximum absolute atomic E-state index is 11.6. The third-order valence-corrected chi connectivity index (χ3v) is 3.40. The topological polar surface area (TPSA) is 47.6 Å². The van der Waals surface area contributed by atoms with Crippen molar-refractivity contribution < 1.29 is 14.3 Å². The highest BCUT2D eigenvalue weighted by Gasteiger charge is 2.46. The fourth-order valence-corrected chi connectivity index (χ4v) is 1.62. The van der Waals surface area contributed by atoms with Crippen LogP contribution in [0.15, 0.2) is 0 Å². The Balaban J connectivity index is 2.38. The van der Waals surface area contributed by atoms with Crippen LogP contribution < -0.4 is 5.32 Å². The molecule has 0 aromatic rings. The van der Waals surface area contributed by atoms with Crippen molar-refractivity contribution in [1.82, 2.24) is 5.32 Å². The van der Waals surface area contributed by atoms with Crippen molar-refractivity contribution in [2.24, 2.45) is 10.8 Å². The standard InChI is InChI=1S/C12H23NO3/c1-5-11(2,3)6-13-7-12(8-16-9-12)10(14)15-4/h13H,5-9H2,1-4H3. The molecule has 0 saturated carbocycles. The molecule has 0 aliphatic carbocycles. The van der Waals surface area contributed by atoms with Gasteiger partial charge in [-0.25, -0.2) is 0 Å². The lowest BCUT2D eigenvalue weighted by Gasteiger charge is -2.39. The highest BCUT2D eigenvalue weighted by Crippen LogP contribution is 2.28. The molecule has 4 heteroatoms. The summed E-state index contributed by atoms with van der Waals surface area (Å²) >= 11 is 0. The predicted molar refractivity (Wildman–Crippen MR) is 62.2 cm³/mol. The van der Waals surface area contributed by atoms with Crippen LogP contribution in [0.4, 0.5) is 0 Å². The Morgan fingerprint density at radius 2 is 2.12 bits per heavy atom. The maximum atomic E-state index is 11.6. The van der Waals surface area contributed by atoms with Gasteiger partial charge in [0.05, 0.1) is 20.3 Å². The summed E-state index contributed by atoms with van der Waals surface area (Å²) in [4.78, 5) is 11.6. The van der Waals surface area contributed by atoms with E-state index in [1.807, 2.05) is 0 Å². The number of nitrogens with one attached hydrogen (secondary N) is 1. The van der Waals surface area contributed by atoms with E-state index in [0.29, 0.717) is 19.8 Å². The van der Waals surface area contributed by atoms with Gasteiger partial charge in [0, 0.05) is 13.1 Å². The highest BCUT2D eigenvalue weighted by molar-refractivity contribution is 5.78. The predicted octanol–water partition coefficient (Wildman–Crippen LogP) is 1.20. The van der Waals surface area contributed by atoms with Crippen LogP contribution in [-0.2, 0) is 14.3 Å². The Bertz CT molecular complexity index is 247. The first-order chi connectivity index (χ1) is 7.46. The Labute approximate surface area is 97.7 Å². The third-order valence-electron chi connectivity index (χ3n) is 3.40. The molecule has 94 valence electrons. The number of rotatable bonds is 6. The summed E-state index contributed by atoms with van der Waals surface area (Å²) < 4.78 is 9.94. The van der Waals surface area contributed by atoms with E-state index in [9.17, 15) is 4.79 Å². The minimum absolute atomic E-state index is 0.166. The molecule has 0 aromatic carbocycles. The summed E-state index contributed by atoms with van der Waals surface area (Å²) in [5.74, 6) is -0.166. The normalized spacial score (nSPS) is 19.0. The second-order valence-corrected chi connectivity index (χ2v) is 5.39. The maximum Gasteiger partial charge on any atom is 0.317 e. The number of methoxy groups -OCH3 is 1. The molecular weight excluding hydrogens is 206 g/mol. The summed E-state index contributed by atoms with van der Waals surface area (Å²) in [5.41, 5.74) is -0.180. The fraction of sp³-hybridized carbons (Fsp3) is 0.917. The molecule has 0 aromatic heterocycles. The molecule has 4 nitrogen and oxygen atoms in total. The van der Waals surface area contributed by atoms with Crippen LogP contribution in [0.3, 0.4) is 0 Å². The zero-order valence-electron chi connectivity index (χ0n) is 10.8. The van der Waals surface area contributed by atoms with E-state index < -0.39 is 5.41 Å². The molecule has 1 fully saturated rings. The number of hydrogen-bond donors (Lipinski definition) is 1. The molecule has 0 radical (unpaired) electrons. The van der Waals surface area contributed by atoms with Crippen LogP contribution in [0.25, 0.3) is 0 Å². The van der Waals surface area contributed by atoms with Gasteiger partial charge in [-0.3, -0.25) is 4.79 Å². The number of hydrogen-bond acceptors (Lipinski definition) is 4. The van der Waals surface area contributed by atoms with Crippen LogP contribution in [0.5, 0.6) is 0 Å². The third kappa shape index (κ3) is 2.95. The largest absolute Gasteiger partial charge is 0.468 e. The lowest BCUT2D eigenvalue weighted by Crippen LogP contribution is -2.56. The zero-order valence-corrected chi connectivity index (χ0v) is 10.8. The van der Waals surface area contributed by atoms with E-state index in [2.05, 4.69) is 26.1 Å². The number of carbonyl (C=O) groups excluding carboxylic acids is 1. The minimum atomic E-state index is -0.446. The first-order valence-corrected chi connectivity index (χ1v) is 5.83. The van der Waals surface area contributed by atoms with Gasteiger partial charge in [-0.2, -0.15) is 0 Å². The highest BCUT2D eigenvalue weighted by atomic mass is 16.5. The number of ether oxygens (including phenoxy) is 2. The average Bonchev–Trinajstić information content (AvgIpc) is 2.21. The van der Waals surface area contributed by atoms with Crippen molar-refractivity contribution >= 4 is 5.97 Å². The van der Waals surface area contributed by atoms with Crippen LogP contribution in [0.1, 0.15) is 27.2 Å². The number of esters is 1. The van der Waals surface area contributed by atoms with Crippen molar-refractivity contribution in [1.29, 1.82) is 0 Å². The second kappa shape index (κ2) is 5.15. The van der Waals surface area contributed by atoms with Crippen LogP contribution >= 0.6 is 0 Å². The smallest absolute Gasteiger partial charge is 0.317 e. The second-order valence-electron chi connectivity index (χ2n) is 5.39. The van der Waals surface area contributed by atoms with Crippen molar-refractivity contribution in [2.75, 3.05) is 33.4 Å². The van der Waals surface area contributed by atoms with Gasteiger partial charge in [-0.1, -0.05) is 20.8 Å². The molecule has 0 unspecified atom stereocenters. The van der Waals surface area contributed by atoms with Crippen molar-refractivity contribution in [2.45, 2.75) is 27.2 Å². The van der Waals surface area contributed by atoms with Crippen molar-refractivity contribution in [3.05, 3.63) is 0 Å². The molecule has 1 rings (SSSR count). The lowest BCUT2D eigenvalue weighted by atomic mass is 9.84. The fourth-order valence-electron chi connectivity index (χ4n) is 1.62. The summed E-state index contributed by atoms with van der Waals surface area (Å²) in [7, 11) is 1.43. The van der Waals surface area contributed by atoms with Crippen LogP contribution in [0.2, 0.25) is 0 Å². The van der Waals surface area contributed by atoms with Gasteiger partial charge < -0.3 is 14.8 Å².